The number of amides is 1. The first-order valence-corrected chi connectivity index (χ1v) is 6.88. The number of aliphatic carboxylic acids is 1. The minimum absolute atomic E-state index is 0.370. The number of carboxylic acid groups (broad SMARTS) is 1. The highest BCUT2D eigenvalue weighted by atomic mass is 16.4. The van der Waals surface area contributed by atoms with E-state index in [9.17, 15) is 9.59 Å². The van der Waals surface area contributed by atoms with Crippen LogP contribution < -0.4 is 10.2 Å². The minimum atomic E-state index is -1.05. The molecular weight excluding hydrogens is 256 g/mol. The van der Waals surface area contributed by atoms with Crippen LogP contribution in [-0.2, 0) is 4.79 Å². The molecule has 1 amide bonds. The van der Waals surface area contributed by atoms with Crippen LogP contribution in [0.15, 0.2) is 24.3 Å². The number of hydrogen-bond donors (Lipinski definition) is 2. The number of anilines is 1. The summed E-state index contributed by atoms with van der Waals surface area (Å²) >= 11 is 0. The lowest BCUT2D eigenvalue weighted by Gasteiger charge is -2.22. The third-order valence-corrected chi connectivity index (χ3v) is 3.09. The summed E-state index contributed by atoms with van der Waals surface area (Å²) in [5.74, 6) is -1.42. The van der Waals surface area contributed by atoms with E-state index in [4.69, 9.17) is 5.11 Å². The number of carboxylic acids is 1. The highest BCUT2D eigenvalue weighted by Gasteiger charge is 2.15. The van der Waals surface area contributed by atoms with Crippen LogP contribution in [0.25, 0.3) is 0 Å². The molecule has 0 bridgehead atoms. The van der Waals surface area contributed by atoms with Gasteiger partial charge in [-0.3, -0.25) is 9.59 Å². The number of rotatable bonds is 7. The van der Waals surface area contributed by atoms with E-state index in [0.717, 1.165) is 25.2 Å². The molecule has 0 saturated carbocycles. The van der Waals surface area contributed by atoms with Crippen molar-refractivity contribution in [1.29, 1.82) is 0 Å². The van der Waals surface area contributed by atoms with Crippen molar-refractivity contribution < 1.29 is 14.7 Å². The Labute approximate surface area is 119 Å². The molecule has 1 atom stereocenters. The maximum absolute atomic E-state index is 11.8. The summed E-state index contributed by atoms with van der Waals surface area (Å²) in [6.45, 7) is 7.53. The lowest BCUT2D eigenvalue weighted by molar-refractivity contribution is -0.138. The molecule has 5 nitrogen and oxygen atoms in total. The first-order valence-electron chi connectivity index (χ1n) is 6.88. The van der Waals surface area contributed by atoms with Crippen LogP contribution in [0.4, 0.5) is 5.69 Å². The largest absolute Gasteiger partial charge is 0.480 e. The van der Waals surface area contributed by atoms with Gasteiger partial charge in [-0.15, -0.1) is 0 Å². The third kappa shape index (κ3) is 4.26. The van der Waals surface area contributed by atoms with Crippen LogP contribution in [0.3, 0.4) is 0 Å². The highest BCUT2D eigenvalue weighted by molar-refractivity contribution is 5.96. The first kappa shape index (κ1) is 16.0. The molecule has 110 valence electrons. The van der Waals surface area contributed by atoms with Crippen molar-refractivity contribution in [2.45, 2.75) is 33.2 Å². The van der Waals surface area contributed by atoms with E-state index < -0.39 is 12.0 Å². The van der Waals surface area contributed by atoms with E-state index in [0.29, 0.717) is 5.56 Å². The van der Waals surface area contributed by atoms with Gasteiger partial charge in [-0.25, -0.2) is 0 Å². The molecule has 0 aliphatic rings. The molecule has 0 aliphatic carbocycles. The second-order valence-electron chi connectivity index (χ2n) is 4.66. The molecule has 0 spiro atoms. The fourth-order valence-electron chi connectivity index (χ4n) is 1.91. The Morgan fingerprint density at radius 1 is 1.25 bits per heavy atom. The topological polar surface area (TPSA) is 69.6 Å². The van der Waals surface area contributed by atoms with Crippen LogP contribution >= 0.6 is 0 Å². The van der Waals surface area contributed by atoms with Gasteiger partial charge in [-0.2, -0.15) is 0 Å². The van der Waals surface area contributed by atoms with E-state index in [2.05, 4.69) is 24.1 Å². The van der Waals surface area contributed by atoms with Gasteiger partial charge in [0.1, 0.15) is 6.04 Å². The molecule has 2 N–H and O–H groups in total. The molecule has 1 aromatic carbocycles. The van der Waals surface area contributed by atoms with Gasteiger partial charge in [-0.05, 0) is 44.5 Å². The molecule has 0 radical (unpaired) electrons. The molecule has 1 rings (SSSR count). The van der Waals surface area contributed by atoms with Crippen molar-refractivity contribution >= 4 is 17.6 Å². The van der Waals surface area contributed by atoms with Gasteiger partial charge in [-0.1, -0.05) is 6.92 Å². The van der Waals surface area contributed by atoms with Crippen LogP contribution in [0.2, 0.25) is 0 Å². The molecule has 1 aromatic rings. The number of hydrogen-bond acceptors (Lipinski definition) is 3. The molecule has 0 saturated heterocycles. The number of nitrogens with zero attached hydrogens (tertiary/aromatic N) is 1. The van der Waals surface area contributed by atoms with Gasteiger partial charge in [0, 0.05) is 24.3 Å². The molecular formula is C15H22N2O3. The Morgan fingerprint density at radius 2 is 1.85 bits per heavy atom. The maximum atomic E-state index is 11.8. The van der Waals surface area contributed by atoms with Crippen LogP contribution in [0, 0.1) is 0 Å². The fourth-order valence-corrected chi connectivity index (χ4v) is 1.91. The Morgan fingerprint density at radius 3 is 2.30 bits per heavy atom. The lowest BCUT2D eigenvalue weighted by atomic mass is 10.1. The van der Waals surface area contributed by atoms with Crippen LogP contribution in [-0.4, -0.2) is 36.1 Å². The average Bonchev–Trinajstić information content (AvgIpc) is 2.44. The zero-order valence-electron chi connectivity index (χ0n) is 12.2. The summed E-state index contributed by atoms with van der Waals surface area (Å²) in [5.41, 5.74) is 1.53. The van der Waals surface area contributed by atoms with Crippen molar-refractivity contribution in [2.75, 3.05) is 18.0 Å². The summed E-state index contributed by atoms with van der Waals surface area (Å²) < 4.78 is 0. The second kappa shape index (κ2) is 7.53. The number of benzene rings is 1. The summed E-state index contributed by atoms with van der Waals surface area (Å²) in [5, 5.41) is 11.2. The molecule has 0 heterocycles. The second-order valence-corrected chi connectivity index (χ2v) is 4.66. The third-order valence-electron chi connectivity index (χ3n) is 3.09. The van der Waals surface area contributed by atoms with Gasteiger partial charge in [0.25, 0.3) is 5.91 Å². The number of nitrogens with one attached hydrogen (secondary N) is 1. The van der Waals surface area contributed by atoms with E-state index in [-0.39, 0.29) is 5.91 Å². The van der Waals surface area contributed by atoms with Crippen LogP contribution in [0.5, 0.6) is 0 Å². The van der Waals surface area contributed by atoms with E-state index in [1.807, 2.05) is 12.1 Å². The Kier molecular flexibility index (Phi) is 6.03. The summed E-state index contributed by atoms with van der Waals surface area (Å²) in [7, 11) is 0. The van der Waals surface area contributed by atoms with Crippen molar-refractivity contribution in [3.8, 4) is 0 Å². The zero-order chi connectivity index (χ0) is 15.1. The average molecular weight is 278 g/mol. The smallest absolute Gasteiger partial charge is 0.325 e. The van der Waals surface area contributed by atoms with E-state index in [1.54, 1.807) is 12.1 Å². The van der Waals surface area contributed by atoms with Crippen molar-refractivity contribution in [3.63, 3.8) is 0 Å². The molecule has 0 aromatic heterocycles. The summed E-state index contributed by atoms with van der Waals surface area (Å²) in [6.07, 6.45) is 1.06. The first-order chi connectivity index (χ1) is 9.49. The normalized spacial score (nSPS) is 11.8. The number of carbonyl (C=O) groups is 2. The van der Waals surface area contributed by atoms with Gasteiger partial charge >= 0.3 is 5.97 Å². The molecule has 20 heavy (non-hydrogen) atoms. The molecule has 0 aliphatic heterocycles. The SMILES string of the molecule is CCCN(CC)c1ccc(C(=O)N[C@H](C)C(=O)O)cc1. The molecule has 0 unspecified atom stereocenters. The highest BCUT2D eigenvalue weighted by Crippen LogP contribution is 2.15. The quantitative estimate of drug-likeness (QED) is 0.801. The fraction of sp³-hybridized carbons (Fsp3) is 0.467. The predicted octanol–water partition coefficient (Wildman–Crippen LogP) is 2.13. The van der Waals surface area contributed by atoms with Gasteiger partial charge in [0.05, 0.1) is 0 Å². The summed E-state index contributed by atoms with van der Waals surface area (Å²) in [4.78, 5) is 24.8. The van der Waals surface area contributed by atoms with Crippen molar-refractivity contribution in [3.05, 3.63) is 29.8 Å². The predicted molar refractivity (Wildman–Crippen MR) is 79.2 cm³/mol. The monoisotopic (exact) mass is 278 g/mol. The Balaban J connectivity index is 2.75. The maximum Gasteiger partial charge on any atom is 0.325 e. The number of carbonyl (C=O) groups excluding carboxylic acids is 1. The minimum Gasteiger partial charge on any atom is -0.480 e. The van der Waals surface area contributed by atoms with E-state index in [1.165, 1.54) is 6.92 Å². The Bertz CT molecular complexity index is 457. The lowest BCUT2D eigenvalue weighted by Crippen LogP contribution is -2.38. The summed E-state index contributed by atoms with van der Waals surface area (Å²) in [6, 6.07) is 6.32. The van der Waals surface area contributed by atoms with Crippen molar-refractivity contribution in [2.24, 2.45) is 0 Å². The van der Waals surface area contributed by atoms with Gasteiger partial charge in [0.2, 0.25) is 0 Å². The van der Waals surface area contributed by atoms with Crippen LogP contribution in [0.1, 0.15) is 37.6 Å². The Hall–Kier alpha value is -2.04. The molecule has 0 fully saturated rings. The standard InChI is InChI=1S/C15H22N2O3/c1-4-10-17(5-2)13-8-6-12(7-9-13)14(18)16-11(3)15(19)20/h6-9,11H,4-5,10H2,1-3H3,(H,16,18)(H,19,20)/t11-/m1/s1. The van der Waals surface area contributed by atoms with E-state index >= 15 is 0 Å². The van der Waals surface area contributed by atoms with Gasteiger partial charge in [0.15, 0.2) is 0 Å². The van der Waals surface area contributed by atoms with Crippen molar-refractivity contribution in [1.82, 2.24) is 5.32 Å². The zero-order valence-corrected chi connectivity index (χ0v) is 12.2. The van der Waals surface area contributed by atoms with Gasteiger partial charge < -0.3 is 15.3 Å². The molecule has 5 heteroatoms.